The Morgan fingerprint density at radius 2 is 2.06 bits per heavy atom. The zero-order chi connectivity index (χ0) is 11.7. The summed E-state index contributed by atoms with van der Waals surface area (Å²) in [6.07, 6.45) is 0. The fourth-order valence-corrected chi connectivity index (χ4v) is 2.35. The first kappa shape index (κ1) is 11.6. The van der Waals surface area contributed by atoms with Gasteiger partial charge in [0.25, 0.3) is 0 Å². The smallest absolute Gasteiger partial charge is 0.204 e. The number of thiazole rings is 1. The highest BCUT2D eigenvalue weighted by atomic mass is 35.5. The van der Waals surface area contributed by atoms with E-state index in [0.717, 1.165) is 5.69 Å². The number of nitrogens with zero attached hydrogens (tertiary/aromatic N) is 1. The molecular weight excluding hydrogens is 265 g/mol. The number of halogens is 2. The van der Waals surface area contributed by atoms with E-state index < -0.39 is 0 Å². The van der Waals surface area contributed by atoms with Crippen molar-refractivity contribution in [1.82, 2.24) is 4.98 Å². The molecule has 5 heteroatoms. The second kappa shape index (κ2) is 4.53. The predicted octanol–water partition coefficient (Wildman–Crippen LogP) is 3.99. The normalized spacial score (nSPS) is 10.4. The molecule has 0 saturated carbocycles. The zero-order valence-corrected chi connectivity index (χ0v) is 10.7. The van der Waals surface area contributed by atoms with Crippen molar-refractivity contribution < 1.29 is 4.79 Å². The summed E-state index contributed by atoms with van der Waals surface area (Å²) in [5, 5.41) is 0.828. The summed E-state index contributed by atoms with van der Waals surface area (Å²) in [7, 11) is 0. The third-order valence-corrected chi connectivity index (χ3v) is 3.80. The van der Waals surface area contributed by atoms with Crippen molar-refractivity contribution in [2.24, 2.45) is 0 Å². The summed E-state index contributed by atoms with van der Waals surface area (Å²) in [5.74, 6) is -0.0708. The standard InChI is InChI=1S/C11H7Cl2NOS/c1-6-11(16-5-14-6)10(15)7-2-3-8(12)9(13)4-7/h2-5H,1H3. The van der Waals surface area contributed by atoms with Crippen LogP contribution in [0, 0.1) is 6.92 Å². The number of aromatic nitrogens is 1. The summed E-state index contributed by atoms with van der Waals surface area (Å²) in [6, 6.07) is 4.86. The van der Waals surface area contributed by atoms with Crippen LogP contribution in [0.25, 0.3) is 0 Å². The number of hydrogen-bond donors (Lipinski definition) is 0. The molecule has 0 aliphatic heterocycles. The van der Waals surface area contributed by atoms with Crippen LogP contribution in [0.2, 0.25) is 10.0 Å². The van der Waals surface area contributed by atoms with Crippen LogP contribution in [0.3, 0.4) is 0 Å². The molecule has 1 aromatic heterocycles. The van der Waals surface area contributed by atoms with Gasteiger partial charge < -0.3 is 0 Å². The molecule has 0 N–H and O–H groups in total. The molecule has 0 saturated heterocycles. The Hall–Kier alpha value is -0.900. The lowest BCUT2D eigenvalue weighted by Crippen LogP contribution is -2.00. The van der Waals surface area contributed by atoms with Gasteiger partial charge in [-0.25, -0.2) is 4.98 Å². The van der Waals surface area contributed by atoms with Crippen molar-refractivity contribution in [2.45, 2.75) is 6.92 Å². The fourth-order valence-electron chi connectivity index (χ4n) is 1.29. The van der Waals surface area contributed by atoms with Crippen molar-refractivity contribution in [3.63, 3.8) is 0 Å². The molecule has 0 aliphatic rings. The van der Waals surface area contributed by atoms with E-state index in [2.05, 4.69) is 4.98 Å². The lowest BCUT2D eigenvalue weighted by atomic mass is 10.1. The molecule has 0 atom stereocenters. The molecule has 0 bridgehead atoms. The molecule has 2 aromatic rings. The first-order valence-corrected chi connectivity index (χ1v) is 6.13. The fraction of sp³-hybridized carbons (Fsp3) is 0.0909. The Morgan fingerprint density at radius 1 is 1.31 bits per heavy atom. The Bertz CT molecular complexity index is 551. The van der Waals surface area contributed by atoms with Crippen LogP contribution in [-0.4, -0.2) is 10.8 Å². The molecule has 2 nitrogen and oxygen atoms in total. The molecule has 2 rings (SSSR count). The molecule has 0 aliphatic carbocycles. The van der Waals surface area contributed by atoms with Gasteiger partial charge in [-0.1, -0.05) is 23.2 Å². The van der Waals surface area contributed by atoms with Gasteiger partial charge in [0.1, 0.15) is 0 Å². The van der Waals surface area contributed by atoms with Crippen LogP contribution in [0.5, 0.6) is 0 Å². The van der Waals surface area contributed by atoms with Gasteiger partial charge in [-0.15, -0.1) is 11.3 Å². The van der Waals surface area contributed by atoms with Gasteiger partial charge in [0.2, 0.25) is 5.78 Å². The van der Waals surface area contributed by atoms with E-state index >= 15 is 0 Å². The molecule has 82 valence electrons. The molecule has 1 aromatic carbocycles. The van der Waals surface area contributed by atoms with Gasteiger partial charge >= 0.3 is 0 Å². The lowest BCUT2D eigenvalue weighted by Gasteiger charge is -2.01. The van der Waals surface area contributed by atoms with E-state index in [4.69, 9.17) is 23.2 Å². The number of benzene rings is 1. The van der Waals surface area contributed by atoms with Crippen LogP contribution >= 0.6 is 34.5 Å². The summed E-state index contributed by atoms with van der Waals surface area (Å²) in [4.78, 5) is 16.7. The number of carbonyl (C=O) groups excluding carboxylic acids is 1. The Labute approximate surface area is 107 Å². The second-order valence-electron chi connectivity index (χ2n) is 3.22. The zero-order valence-electron chi connectivity index (χ0n) is 8.33. The van der Waals surface area contributed by atoms with Crippen molar-refractivity contribution >= 4 is 40.3 Å². The number of rotatable bonds is 2. The molecule has 0 unspecified atom stereocenters. The minimum Gasteiger partial charge on any atom is -0.288 e. The third-order valence-electron chi connectivity index (χ3n) is 2.13. The Morgan fingerprint density at radius 3 is 2.62 bits per heavy atom. The van der Waals surface area contributed by atoms with Crippen LogP contribution in [-0.2, 0) is 0 Å². The van der Waals surface area contributed by atoms with E-state index in [1.54, 1.807) is 30.6 Å². The van der Waals surface area contributed by atoms with Gasteiger partial charge in [-0.05, 0) is 25.1 Å². The first-order chi connectivity index (χ1) is 7.59. The van der Waals surface area contributed by atoms with E-state index in [-0.39, 0.29) is 5.78 Å². The first-order valence-electron chi connectivity index (χ1n) is 4.49. The molecule has 0 radical (unpaired) electrons. The summed E-state index contributed by atoms with van der Waals surface area (Å²) >= 11 is 13.0. The Kier molecular flexibility index (Phi) is 3.28. The molecule has 16 heavy (non-hydrogen) atoms. The third kappa shape index (κ3) is 2.12. The minimum atomic E-state index is -0.0708. The van der Waals surface area contributed by atoms with Crippen LogP contribution in [0.4, 0.5) is 0 Å². The molecule has 0 amide bonds. The average molecular weight is 272 g/mol. The van der Waals surface area contributed by atoms with E-state index in [0.29, 0.717) is 20.5 Å². The van der Waals surface area contributed by atoms with Gasteiger partial charge in [0.05, 0.1) is 26.1 Å². The highest BCUT2D eigenvalue weighted by Crippen LogP contribution is 2.25. The molecule has 1 heterocycles. The maximum Gasteiger partial charge on any atom is 0.204 e. The number of ketones is 1. The van der Waals surface area contributed by atoms with Crippen molar-refractivity contribution in [1.29, 1.82) is 0 Å². The topological polar surface area (TPSA) is 30.0 Å². The van der Waals surface area contributed by atoms with Gasteiger partial charge in [-0.3, -0.25) is 4.79 Å². The van der Waals surface area contributed by atoms with Crippen LogP contribution in [0.1, 0.15) is 20.9 Å². The predicted molar refractivity (Wildman–Crippen MR) is 66.7 cm³/mol. The quantitative estimate of drug-likeness (QED) is 0.774. The van der Waals surface area contributed by atoms with Gasteiger partial charge in [0.15, 0.2) is 0 Å². The summed E-state index contributed by atoms with van der Waals surface area (Å²) in [6.45, 7) is 1.81. The number of hydrogen-bond acceptors (Lipinski definition) is 3. The van der Waals surface area contributed by atoms with E-state index in [1.165, 1.54) is 11.3 Å². The Balaban J connectivity index is 2.42. The second-order valence-corrected chi connectivity index (χ2v) is 4.89. The van der Waals surface area contributed by atoms with Gasteiger partial charge in [0, 0.05) is 5.56 Å². The monoisotopic (exact) mass is 271 g/mol. The minimum absolute atomic E-state index is 0.0708. The van der Waals surface area contributed by atoms with Crippen molar-refractivity contribution in [3.8, 4) is 0 Å². The molecule has 0 fully saturated rings. The summed E-state index contributed by atoms with van der Waals surface area (Å²) in [5.41, 5.74) is 2.92. The maximum atomic E-state index is 12.1. The van der Waals surface area contributed by atoms with Crippen molar-refractivity contribution in [3.05, 3.63) is 49.9 Å². The van der Waals surface area contributed by atoms with E-state index in [1.807, 2.05) is 0 Å². The van der Waals surface area contributed by atoms with Crippen LogP contribution in [0.15, 0.2) is 23.7 Å². The largest absolute Gasteiger partial charge is 0.288 e. The van der Waals surface area contributed by atoms with Crippen LogP contribution < -0.4 is 0 Å². The highest BCUT2D eigenvalue weighted by Gasteiger charge is 2.14. The molecule has 0 spiro atoms. The van der Waals surface area contributed by atoms with Crippen molar-refractivity contribution in [2.75, 3.05) is 0 Å². The average Bonchev–Trinajstić information content (AvgIpc) is 2.67. The molecular formula is C11H7Cl2NOS. The SMILES string of the molecule is Cc1ncsc1C(=O)c1ccc(Cl)c(Cl)c1. The summed E-state index contributed by atoms with van der Waals surface area (Å²) < 4.78 is 0. The number of aryl methyl sites for hydroxylation is 1. The maximum absolute atomic E-state index is 12.1. The van der Waals surface area contributed by atoms with Gasteiger partial charge in [-0.2, -0.15) is 0 Å². The lowest BCUT2D eigenvalue weighted by molar-refractivity contribution is 0.104. The highest BCUT2D eigenvalue weighted by molar-refractivity contribution is 7.12. The van der Waals surface area contributed by atoms with E-state index in [9.17, 15) is 4.79 Å². The number of carbonyl (C=O) groups is 1.